The van der Waals surface area contributed by atoms with Gasteiger partial charge in [-0.3, -0.25) is 9.59 Å². The Labute approximate surface area is 174 Å². The fourth-order valence-electron chi connectivity index (χ4n) is 2.90. The average Bonchev–Trinajstić information content (AvgIpc) is 3.22. The predicted molar refractivity (Wildman–Crippen MR) is 116 cm³/mol. The van der Waals surface area contributed by atoms with E-state index in [4.69, 9.17) is 4.74 Å². The molecule has 1 N–H and O–H groups in total. The number of hydrogen-bond acceptors (Lipinski definition) is 4. The number of nitrogens with one attached hydrogen (secondary N) is 1. The molecule has 3 rings (SSSR count). The molecule has 3 aromatic rings. The van der Waals surface area contributed by atoms with Crippen LogP contribution in [0.15, 0.2) is 83.9 Å². The third-order valence-electron chi connectivity index (χ3n) is 4.17. The zero-order valence-corrected chi connectivity index (χ0v) is 17.2. The first kappa shape index (κ1) is 20.6. The van der Waals surface area contributed by atoms with Crippen molar-refractivity contribution in [2.24, 2.45) is 0 Å². The normalized spacial score (nSPS) is 11.5. The molecule has 0 unspecified atom stereocenters. The van der Waals surface area contributed by atoms with Crippen molar-refractivity contribution in [3.05, 3.63) is 99.9 Å². The van der Waals surface area contributed by atoms with Crippen LogP contribution in [-0.4, -0.2) is 17.9 Å². The highest BCUT2D eigenvalue weighted by Gasteiger charge is 2.27. The first-order chi connectivity index (χ1) is 14.0. The summed E-state index contributed by atoms with van der Waals surface area (Å²) >= 11 is 1.47. The number of ether oxygens (including phenoxy) is 1. The van der Waals surface area contributed by atoms with E-state index in [1.165, 1.54) is 11.3 Å². The molecule has 0 aliphatic rings. The van der Waals surface area contributed by atoms with Crippen molar-refractivity contribution in [1.82, 2.24) is 5.32 Å². The summed E-state index contributed by atoms with van der Waals surface area (Å²) in [5.41, 5.74) is 1.62. The average molecular weight is 406 g/mol. The molecule has 0 spiro atoms. The van der Waals surface area contributed by atoms with Crippen LogP contribution in [0, 0.1) is 0 Å². The zero-order chi connectivity index (χ0) is 20.6. The predicted octanol–water partition coefficient (Wildman–Crippen LogP) is 4.99. The highest BCUT2D eigenvalue weighted by molar-refractivity contribution is 7.10. The largest absolute Gasteiger partial charge is 0.420 e. The van der Waals surface area contributed by atoms with E-state index in [1.807, 2.05) is 92.0 Å². The molecule has 0 atom stereocenters. The first-order valence-corrected chi connectivity index (χ1v) is 10.3. The fraction of sp³-hybridized carbons (Fsp3) is 0.167. The maximum atomic E-state index is 13.2. The smallest absolute Gasteiger partial charge is 0.323 e. The van der Waals surface area contributed by atoms with Crippen molar-refractivity contribution >= 4 is 29.3 Å². The lowest BCUT2D eigenvalue weighted by atomic mass is 9.91. The molecule has 2 aromatic carbocycles. The number of benzene rings is 2. The van der Waals surface area contributed by atoms with E-state index in [1.54, 1.807) is 6.08 Å². The maximum Gasteiger partial charge on any atom is 0.323 e. The van der Waals surface area contributed by atoms with Crippen LogP contribution in [0.2, 0.25) is 0 Å². The Hall–Kier alpha value is -3.18. The minimum atomic E-state index is -0.629. The van der Waals surface area contributed by atoms with E-state index < -0.39 is 17.8 Å². The molecule has 0 saturated heterocycles. The summed E-state index contributed by atoms with van der Waals surface area (Å²) in [5.74, 6) is -1.55. The van der Waals surface area contributed by atoms with Gasteiger partial charge in [-0.15, -0.1) is 11.3 Å². The highest BCUT2D eigenvalue weighted by atomic mass is 32.1. The number of carbonyl (C=O) groups is 2. The second-order valence-electron chi connectivity index (χ2n) is 6.83. The molecule has 0 saturated carbocycles. The summed E-state index contributed by atoms with van der Waals surface area (Å²) in [5, 5.41) is 4.70. The monoisotopic (exact) mass is 405 g/mol. The van der Waals surface area contributed by atoms with Gasteiger partial charge in [0.15, 0.2) is 5.76 Å². The number of hydrogen-bond donors (Lipinski definition) is 1. The molecule has 0 radical (unpaired) electrons. The Balaban J connectivity index is 1.94. The molecule has 0 bridgehead atoms. The van der Waals surface area contributed by atoms with Crippen LogP contribution in [0.5, 0.6) is 0 Å². The van der Waals surface area contributed by atoms with Crippen LogP contribution >= 0.6 is 11.3 Å². The molecule has 0 aliphatic heterocycles. The number of amides is 1. The van der Waals surface area contributed by atoms with Gasteiger partial charge in [-0.1, -0.05) is 66.7 Å². The lowest BCUT2D eigenvalue weighted by Gasteiger charge is -2.18. The van der Waals surface area contributed by atoms with Crippen molar-refractivity contribution < 1.29 is 14.3 Å². The standard InChI is InChI=1S/C24H23NO3S/c1-17(2)25-23(26)21(16-20-14-9-15-29-20)28-24(27)22(18-10-5-3-6-11-18)19-12-7-4-8-13-19/h3-17,22H,1-2H3,(H,25,26)/b21-16-. The number of thiophene rings is 1. The van der Waals surface area contributed by atoms with Gasteiger partial charge in [-0.05, 0) is 36.4 Å². The molecule has 1 amide bonds. The second kappa shape index (κ2) is 9.85. The second-order valence-corrected chi connectivity index (χ2v) is 7.81. The summed E-state index contributed by atoms with van der Waals surface area (Å²) in [6.45, 7) is 3.72. The van der Waals surface area contributed by atoms with E-state index >= 15 is 0 Å². The summed E-state index contributed by atoms with van der Waals surface area (Å²) in [6, 6.07) is 22.5. The SMILES string of the molecule is CC(C)NC(=O)/C(=C/c1cccs1)OC(=O)C(c1ccccc1)c1ccccc1. The Kier molecular flexibility index (Phi) is 6.98. The summed E-state index contributed by atoms with van der Waals surface area (Å²) < 4.78 is 5.67. The quantitative estimate of drug-likeness (QED) is 0.342. The fourth-order valence-corrected chi connectivity index (χ4v) is 3.55. The first-order valence-electron chi connectivity index (χ1n) is 9.42. The molecule has 1 heterocycles. The minimum absolute atomic E-state index is 0.0111. The van der Waals surface area contributed by atoms with Crippen LogP contribution in [0.25, 0.3) is 6.08 Å². The summed E-state index contributed by atoms with van der Waals surface area (Å²) in [6.07, 6.45) is 1.60. The van der Waals surface area contributed by atoms with E-state index in [0.29, 0.717) is 0 Å². The van der Waals surface area contributed by atoms with Gasteiger partial charge in [0.25, 0.3) is 5.91 Å². The molecule has 29 heavy (non-hydrogen) atoms. The molecule has 0 fully saturated rings. The van der Waals surface area contributed by atoms with Gasteiger partial charge in [-0.25, -0.2) is 0 Å². The Morgan fingerprint density at radius 3 is 1.97 bits per heavy atom. The summed E-state index contributed by atoms with van der Waals surface area (Å²) in [7, 11) is 0. The molecule has 1 aromatic heterocycles. The van der Waals surface area contributed by atoms with Crippen molar-refractivity contribution in [3.63, 3.8) is 0 Å². The van der Waals surface area contributed by atoms with Gasteiger partial charge in [0.05, 0.1) is 0 Å². The van der Waals surface area contributed by atoms with Gasteiger partial charge >= 0.3 is 5.97 Å². The van der Waals surface area contributed by atoms with Gasteiger partial charge in [0, 0.05) is 17.0 Å². The van der Waals surface area contributed by atoms with E-state index in [-0.39, 0.29) is 11.8 Å². The Morgan fingerprint density at radius 1 is 0.897 bits per heavy atom. The van der Waals surface area contributed by atoms with Crippen LogP contribution < -0.4 is 5.32 Å². The van der Waals surface area contributed by atoms with Crippen LogP contribution in [0.1, 0.15) is 35.8 Å². The van der Waals surface area contributed by atoms with Crippen LogP contribution in [0.3, 0.4) is 0 Å². The van der Waals surface area contributed by atoms with Crippen LogP contribution in [0.4, 0.5) is 0 Å². The Morgan fingerprint density at radius 2 is 1.48 bits per heavy atom. The highest BCUT2D eigenvalue weighted by Crippen LogP contribution is 2.27. The third kappa shape index (κ3) is 5.65. The lowest BCUT2D eigenvalue weighted by molar-refractivity contribution is -0.143. The van der Waals surface area contributed by atoms with Gasteiger partial charge in [0.1, 0.15) is 5.92 Å². The van der Waals surface area contributed by atoms with Gasteiger partial charge in [-0.2, -0.15) is 0 Å². The van der Waals surface area contributed by atoms with E-state index in [2.05, 4.69) is 5.32 Å². The molecule has 148 valence electrons. The zero-order valence-electron chi connectivity index (χ0n) is 16.4. The number of rotatable bonds is 7. The van der Waals surface area contributed by atoms with Crippen molar-refractivity contribution in [3.8, 4) is 0 Å². The minimum Gasteiger partial charge on any atom is -0.420 e. The van der Waals surface area contributed by atoms with Crippen molar-refractivity contribution in [2.45, 2.75) is 25.8 Å². The topological polar surface area (TPSA) is 55.4 Å². The van der Waals surface area contributed by atoms with Crippen molar-refractivity contribution in [1.29, 1.82) is 0 Å². The van der Waals surface area contributed by atoms with Crippen molar-refractivity contribution in [2.75, 3.05) is 0 Å². The molecular weight excluding hydrogens is 382 g/mol. The third-order valence-corrected chi connectivity index (χ3v) is 4.99. The van der Waals surface area contributed by atoms with Gasteiger partial charge in [0.2, 0.25) is 0 Å². The molecule has 5 heteroatoms. The number of carbonyl (C=O) groups excluding carboxylic acids is 2. The van der Waals surface area contributed by atoms with E-state index in [0.717, 1.165) is 16.0 Å². The lowest BCUT2D eigenvalue weighted by Crippen LogP contribution is -2.33. The Bertz CT molecular complexity index is 924. The molecule has 0 aliphatic carbocycles. The molecular formula is C24H23NO3S. The van der Waals surface area contributed by atoms with Crippen LogP contribution in [-0.2, 0) is 14.3 Å². The van der Waals surface area contributed by atoms with Gasteiger partial charge < -0.3 is 10.1 Å². The summed E-state index contributed by atoms with van der Waals surface area (Å²) in [4.78, 5) is 26.7. The molecule has 4 nitrogen and oxygen atoms in total. The maximum absolute atomic E-state index is 13.2. The number of esters is 1. The van der Waals surface area contributed by atoms with E-state index in [9.17, 15) is 9.59 Å².